The van der Waals surface area contributed by atoms with Crippen LogP contribution in [0.5, 0.6) is 23.0 Å². The van der Waals surface area contributed by atoms with Gasteiger partial charge in [0, 0.05) is 22.2 Å². The van der Waals surface area contributed by atoms with Crippen LogP contribution in [0, 0.1) is 0 Å². The topological polar surface area (TPSA) is 88.1 Å². The molecule has 0 amide bonds. The number of ketones is 2. The fourth-order valence-electron chi connectivity index (χ4n) is 4.38. The molecule has 8 heteroatoms. The average Bonchev–Trinajstić information content (AvgIpc) is 3.25. The third kappa shape index (κ3) is 6.27. The zero-order chi connectivity index (χ0) is 29.6. The van der Waals surface area contributed by atoms with Gasteiger partial charge in [-0.25, -0.2) is 4.79 Å². The van der Waals surface area contributed by atoms with Gasteiger partial charge in [-0.1, -0.05) is 60.1 Å². The van der Waals surface area contributed by atoms with E-state index >= 15 is 0 Å². The first-order valence-electron chi connectivity index (χ1n) is 12.9. The molecule has 0 bridgehead atoms. The third-order valence-corrected chi connectivity index (χ3v) is 6.77. The maximum atomic E-state index is 12.7. The van der Waals surface area contributed by atoms with Gasteiger partial charge in [0.15, 0.2) is 34.6 Å². The standard InChI is InChI=1S/C34H25ClO7/c1-39-30-18-21(9-14-28(30)41-20-22-7-12-24(35)13-8-22)11-16-32(36)42-29-15-10-23(19-31(29)40-2)17-27-33(37)25-5-3-4-6-26(25)34(27)38/h3-19H,20H2,1-2H3. The van der Waals surface area contributed by atoms with E-state index in [1.54, 1.807) is 78.9 Å². The molecule has 0 aliphatic heterocycles. The van der Waals surface area contributed by atoms with Crippen molar-refractivity contribution < 1.29 is 33.3 Å². The molecule has 0 fully saturated rings. The average molecular weight is 581 g/mol. The first kappa shape index (κ1) is 28.4. The van der Waals surface area contributed by atoms with Crippen LogP contribution in [-0.2, 0) is 11.4 Å². The van der Waals surface area contributed by atoms with Crippen molar-refractivity contribution in [3.63, 3.8) is 0 Å². The number of fused-ring (bicyclic) bond motifs is 1. The molecule has 0 saturated carbocycles. The summed E-state index contributed by atoms with van der Waals surface area (Å²) >= 11 is 5.93. The van der Waals surface area contributed by atoms with Crippen LogP contribution in [0.25, 0.3) is 12.2 Å². The zero-order valence-corrected chi connectivity index (χ0v) is 23.5. The van der Waals surface area contributed by atoms with Gasteiger partial charge in [-0.3, -0.25) is 9.59 Å². The van der Waals surface area contributed by atoms with E-state index in [1.807, 2.05) is 12.1 Å². The summed E-state index contributed by atoms with van der Waals surface area (Å²) in [4.78, 5) is 38.0. The Kier molecular flexibility index (Phi) is 8.50. The van der Waals surface area contributed by atoms with Crippen LogP contribution >= 0.6 is 11.6 Å². The summed E-state index contributed by atoms with van der Waals surface area (Å²) in [5.41, 5.74) is 3.05. The van der Waals surface area contributed by atoms with E-state index in [4.69, 9.17) is 30.5 Å². The quantitative estimate of drug-likeness (QED) is 0.0910. The molecule has 5 rings (SSSR count). The van der Waals surface area contributed by atoms with Gasteiger partial charge in [0.05, 0.1) is 19.8 Å². The van der Waals surface area contributed by atoms with Crippen LogP contribution < -0.4 is 18.9 Å². The largest absolute Gasteiger partial charge is 0.493 e. The number of hydrogen-bond acceptors (Lipinski definition) is 7. The van der Waals surface area contributed by atoms with Crippen LogP contribution in [0.4, 0.5) is 0 Å². The number of benzene rings is 4. The van der Waals surface area contributed by atoms with Crippen molar-refractivity contribution in [2.45, 2.75) is 6.61 Å². The number of ether oxygens (including phenoxy) is 4. The molecule has 0 atom stereocenters. The molecule has 0 unspecified atom stereocenters. The van der Waals surface area contributed by atoms with Crippen molar-refractivity contribution in [3.05, 3.63) is 129 Å². The number of rotatable bonds is 9. The van der Waals surface area contributed by atoms with Gasteiger partial charge in [-0.15, -0.1) is 0 Å². The maximum Gasteiger partial charge on any atom is 0.336 e. The lowest BCUT2D eigenvalue weighted by atomic mass is 10.1. The van der Waals surface area contributed by atoms with Crippen molar-refractivity contribution in [1.82, 2.24) is 0 Å². The van der Waals surface area contributed by atoms with Gasteiger partial charge in [0.25, 0.3) is 0 Å². The Morgan fingerprint density at radius 3 is 2.00 bits per heavy atom. The minimum atomic E-state index is -0.627. The second kappa shape index (κ2) is 12.6. The van der Waals surface area contributed by atoms with Gasteiger partial charge in [-0.2, -0.15) is 0 Å². The predicted molar refractivity (Wildman–Crippen MR) is 160 cm³/mol. The van der Waals surface area contributed by atoms with Crippen LogP contribution in [0.15, 0.2) is 96.6 Å². The van der Waals surface area contributed by atoms with Crippen LogP contribution in [0.2, 0.25) is 5.02 Å². The van der Waals surface area contributed by atoms with E-state index < -0.39 is 5.97 Å². The summed E-state index contributed by atoms with van der Waals surface area (Å²) in [7, 11) is 2.97. The van der Waals surface area contributed by atoms with E-state index in [2.05, 4.69) is 0 Å². The molecule has 0 heterocycles. The fraction of sp³-hybridized carbons (Fsp3) is 0.0882. The van der Waals surface area contributed by atoms with Crippen molar-refractivity contribution in [2.24, 2.45) is 0 Å². The van der Waals surface area contributed by atoms with Gasteiger partial charge in [0.2, 0.25) is 0 Å². The molecule has 210 valence electrons. The minimum Gasteiger partial charge on any atom is -0.493 e. The number of carbonyl (C=O) groups excluding carboxylic acids is 3. The van der Waals surface area contributed by atoms with Crippen molar-refractivity contribution in [1.29, 1.82) is 0 Å². The van der Waals surface area contributed by atoms with Gasteiger partial charge in [0.1, 0.15) is 6.61 Å². The smallest absolute Gasteiger partial charge is 0.336 e. The SMILES string of the molecule is COc1cc(C=CC(=O)Oc2ccc(C=C3C(=O)c4ccccc4C3=O)cc2OC)ccc1OCc1ccc(Cl)cc1. The van der Waals surface area contributed by atoms with Crippen molar-refractivity contribution >= 4 is 41.3 Å². The molecule has 7 nitrogen and oxygen atoms in total. The highest BCUT2D eigenvalue weighted by molar-refractivity contribution is 6.41. The molecule has 1 aliphatic carbocycles. The first-order chi connectivity index (χ1) is 20.4. The Hall–Kier alpha value is -5.14. The molecule has 0 radical (unpaired) electrons. The van der Waals surface area contributed by atoms with Gasteiger partial charge < -0.3 is 18.9 Å². The number of halogens is 1. The molecule has 0 N–H and O–H groups in total. The molecule has 0 spiro atoms. The van der Waals surface area contributed by atoms with E-state index in [9.17, 15) is 14.4 Å². The number of Topliss-reactive ketones (excluding diaryl/α,β-unsaturated/α-hetero) is 2. The van der Waals surface area contributed by atoms with E-state index in [-0.39, 0.29) is 28.6 Å². The van der Waals surface area contributed by atoms with Gasteiger partial charge in [-0.05, 0) is 65.2 Å². The lowest BCUT2D eigenvalue weighted by Gasteiger charge is -2.11. The molecular formula is C34H25ClO7. The normalized spacial score (nSPS) is 12.3. The minimum absolute atomic E-state index is 0.0720. The highest BCUT2D eigenvalue weighted by Gasteiger charge is 2.32. The van der Waals surface area contributed by atoms with Crippen LogP contribution in [0.3, 0.4) is 0 Å². The third-order valence-electron chi connectivity index (χ3n) is 6.52. The molecule has 4 aromatic rings. The predicted octanol–water partition coefficient (Wildman–Crippen LogP) is 7.02. The zero-order valence-electron chi connectivity index (χ0n) is 22.8. The van der Waals surface area contributed by atoms with E-state index in [0.29, 0.717) is 45.4 Å². The van der Waals surface area contributed by atoms with E-state index in [1.165, 1.54) is 26.4 Å². The second-order valence-corrected chi connectivity index (χ2v) is 9.69. The molecule has 4 aromatic carbocycles. The lowest BCUT2D eigenvalue weighted by Crippen LogP contribution is -2.05. The van der Waals surface area contributed by atoms with Crippen molar-refractivity contribution in [3.8, 4) is 23.0 Å². The summed E-state index contributed by atoms with van der Waals surface area (Å²) in [6.07, 6.45) is 4.38. The molecule has 1 aliphatic rings. The summed E-state index contributed by atoms with van der Waals surface area (Å²) in [6, 6.07) is 24.1. The molecule has 0 aromatic heterocycles. The Bertz CT molecular complexity index is 1700. The number of methoxy groups -OCH3 is 2. The summed E-state index contributed by atoms with van der Waals surface area (Å²) in [5.74, 6) is 0.236. The van der Waals surface area contributed by atoms with Crippen molar-refractivity contribution in [2.75, 3.05) is 14.2 Å². The van der Waals surface area contributed by atoms with E-state index in [0.717, 1.165) is 5.56 Å². The first-order valence-corrected chi connectivity index (χ1v) is 13.3. The number of esters is 1. The van der Waals surface area contributed by atoms with Crippen LogP contribution in [0.1, 0.15) is 37.4 Å². The fourth-order valence-corrected chi connectivity index (χ4v) is 4.51. The Labute approximate surface area is 247 Å². The monoisotopic (exact) mass is 580 g/mol. The highest BCUT2D eigenvalue weighted by Crippen LogP contribution is 2.33. The summed E-state index contributed by atoms with van der Waals surface area (Å²) < 4.78 is 22.2. The Morgan fingerprint density at radius 2 is 1.33 bits per heavy atom. The number of allylic oxidation sites excluding steroid dienone is 1. The summed E-state index contributed by atoms with van der Waals surface area (Å²) in [5, 5.41) is 0.653. The summed E-state index contributed by atoms with van der Waals surface area (Å²) in [6.45, 7) is 0.340. The number of carbonyl (C=O) groups is 3. The van der Waals surface area contributed by atoms with Gasteiger partial charge >= 0.3 is 5.97 Å². The highest BCUT2D eigenvalue weighted by atomic mass is 35.5. The second-order valence-electron chi connectivity index (χ2n) is 9.25. The number of hydrogen-bond donors (Lipinski definition) is 0. The molecule has 0 saturated heterocycles. The maximum absolute atomic E-state index is 12.7. The Morgan fingerprint density at radius 1 is 0.738 bits per heavy atom. The molecular weight excluding hydrogens is 556 g/mol. The molecule has 42 heavy (non-hydrogen) atoms. The lowest BCUT2D eigenvalue weighted by molar-refractivity contribution is -0.129. The van der Waals surface area contributed by atoms with Crippen LogP contribution in [-0.4, -0.2) is 31.8 Å². The Balaban J connectivity index is 1.25.